The maximum absolute atomic E-state index is 11.3. The summed E-state index contributed by atoms with van der Waals surface area (Å²) in [7, 11) is -3.67. The van der Waals surface area contributed by atoms with E-state index < -0.39 is 16.3 Å². The van der Waals surface area contributed by atoms with Crippen molar-refractivity contribution in [1.82, 2.24) is 10.0 Å². The van der Waals surface area contributed by atoms with Gasteiger partial charge in [-0.15, -0.1) is 0 Å². The number of rotatable bonds is 7. The Morgan fingerprint density at radius 3 is 2.53 bits per heavy atom. The minimum atomic E-state index is -3.67. The molecule has 8 heteroatoms. The molecule has 0 aliphatic heterocycles. The normalized spacial score (nSPS) is 11.0. The van der Waals surface area contributed by atoms with Crippen LogP contribution in [-0.2, 0) is 21.6 Å². The fourth-order valence-corrected chi connectivity index (χ4v) is 1.70. The van der Waals surface area contributed by atoms with Crippen LogP contribution in [0.2, 0.25) is 0 Å². The van der Waals surface area contributed by atoms with Crippen LogP contribution < -0.4 is 15.2 Å². The fourth-order valence-electron chi connectivity index (χ4n) is 1.27. The lowest BCUT2D eigenvalue weighted by Gasteiger charge is -2.07. The van der Waals surface area contributed by atoms with Crippen molar-refractivity contribution in [2.75, 3.05) is 13.1 Å². The monoisotopic (exact) mass is 287 g/mol. The van der Waals surface area contributed by atoms with Gasteiger partial charge in [-0.3, -0.25) is 0 Å². The number of amides is 1. The molecular formula is C11H17N3O4S. The molecule has 4 N–H and O–H groups in total. The van der Waals surface area contributed by atoms with Gasteiger partial charge in [-0.25, -0.2) is 14.7 Å². The van der Waals surface area contributed by atoms with Crippen LogP contribution in [0.4, 0.5) is 4.79 Å². The van der Waals surface area contributed by atoms with Gasteiger partial charge in [0.2, 0.25) is 0 Å². The van der Waals surface area contributed by atoms with Crippen molar-refractivity contribution in [3.8, 4) is 0 Å². The molecule has 1 amide bonds. The van der Waals surface area contributed by atoms with Crippen molar-refractivity contribution in [3.63, 3.8) is 0 Å². The van der Waals surface area contributed by atoms with Crippen molar-refractivity contribution >= 4 is 16.3 Å². The Hall–Kier alpha value is -1.64. The number of carbonyl (C=O) groups is 1. The van der Waals surface area contributed by atoms with Crippen LogP contribution in [-0.4, -0.2) is 27.6 Å². The molecule has 7 nitrogen and oxygen atoms in total. The van der Waals surface area contributed by atoms with Gasteiger partial charge in [-0.2, -0.15) is 8.42 Å². The third-order valence-electron chi connectivity index (χ3n) is 2.14. The predicted molar refractivity (Wildman–Crippen MR) is 70.4 cm³/mol. The minimum Gasteiger partial charge on any atom is -0.445 e. The number of carbonyl (C=O) groups excluding carboxylic acids is 1. The molecule has 0 aliphatic rings. The Balaban J connectivity index is 2.09. The molecule has 0 heterocycles. The smallest absolute Gasteiger partial charge is 0.407 e. The van der Waals surface area contributed by atoms with Crippen molar-refractivity contribution in [3.05, 3.63) is 35.9 Å². The largest absolute Gasteiger partial charge is 0.445 e. The number of nitrogens with two attached hydrogens (primary N) is 1. The summed E-state index contributed by atoms with van der Waals surface area (Å²) in [4.78, 5) is 11.3. The quantitative estimate of drug-likeness (QED) is 0.617. The summed E-state index contributed by atoms with van der Waals surface area (Å²) < 4.78 is 28.2. The number of alkyl carbamates (subject to hydrolysis) is 1. The van der Waals surface area contributed by atoms with E-state index >= 15 is 0 Å². The highest BCUT2D eigenvalue weighted by atomic mass is 32.2. The average molecular weight is 287 g/mol. The summed E-state index contributed by atoms with van der Waals surface area (Å²) in [5, 5.41) is 7.24. The van der Waals surface area contributed by atoms with Gasteiger partial charge in [-0.05, 0) is 12.0 Å². The molecule has 0 aliphatic carbocycles. The van der Waals surface area contributed by atoms with Crippen LogP contribution in [0.1, 0.15) is 12.0 Å². The Kier molecular flexibility index (Phi) is 6.26. The van der Waals surface area contributed by atoms with E-state index in [1.165, 1.54) is 0 Å². The Bertz CT molecular complexity index is 490. The first kappa shape index (κ1) is 15.4. The second-order valence-electron chi connectivity index (χ2n) is 3.78. The van der Waals surface area contributed by atoms with Crippen LogP contribution in [0.3, 0.4) is 0 Å². The van der Waals surface area contributed by atoms with E-state index in [9.17, 15) is 13.2 Å². The first-order chi connectivity index (χ1) is 8.97. The van der Waals surface area contributed by atoms with Gasteiger partial charge in [-0.1, -0.05) is 30.3 Å². The molecule has 0 bridgehead atoms. The third-order valence-corrected chi connectivity index (χ3v) is 2.75. The summed E-state index contributed by atoms with van der Waals surface area (Å²) in [5.41, 5.74) is 0.897. The maximum Gasteiger partial charge on any atom is 0.407 e. The number of benzene rings is 1. The van der Waals surface area contributed by atoms with Gasteiger partial charge < -0.3 is 10.1 Å². The van der Waals surface area contributed by atoms with Gasteiger partial charge in [0.1, 0.15) is 6.61 Å². The third kappa shape index (κ3) is 8.14. The molecule has 0 radical (unpaired) electrons. The lowest BCUT2D eigenvalue weighted by Crippen LogP contribution is -2.33. The molecule has 0 spiro atoms. The predicted octanol–water partition coefficient (Wildman–Crippen LogP) is 0.0960. The van der Waals surface area contributed by atoms with E-state index in [-0.39, 0.29) is 13.2 Å². The Morgan fingerprint density at radius 1 is 1.21 bits per heavy atom. The second-order valence-corrected chi connectivity index (χ2v) is 5.16. The van der Waals surface area contributed by atoms with Gasteiger partial charge in [0.15, 0.2) is 0 Å². The zero-order chi connectivity index (χ0) is 14.1. The van der Waals surface area contributed by atoms with E-state index in [0.717, 1.165) is 5.56 Å². The molecule has 1 aromatic carbocycles. The lowest BCUT2D eigenvalue weighted by atomic mass is 10.2. The second kappa shape index (κ2) is 7.72. The summed E-state index contributed by atoms with van der Waals surface area (Å²) >= 11 is 0. The molecule has 0 saturated carbocycles. The van der Waals surface area contributed by atoms with E-state index in [2.05, 4.69) is 10.0 Å². The summed E-state index contributed by atoms with van der Waals surface area (Å²) in [6.07, 6.45) is -0.115. The average Bonchev–Trinajstić information content (AvgIpc) is 2.36. The van der Waals surface area contributed by atoms with Crippen LogP contribution in [0.15, 0.2) is 30.3 Å². The molecule has 0 aromatic heterocycles. The minimum absolute atomic E-state index is 0.164. The molecule has 1 aromatic rings. The molecule has 19 heavy (non-hydrogen) atoms. The first-order valence-electron chi connectivity index (χ1n) is 5.69. The van der Waals surface area contributed by atoms with Gasteiger partial charge in [0.25, 0.3) is 10.2 Å². The summed E-state index contributed by atoms with van der Waals surface area (Å²) in [6, 6.07) is 9.29. The van der Waals surface area contributed by atoms with E-state index in [4.69, 9.17) is 9.88 Å². The first-order valence-corrected chi connectivity index (χ1v) is 7.24. The molecular weight excluding hydrogens is 270 g/mol. The molecule has 0 unspecified atom stereocenters. The highest BCUT2D eigenvalue weighted by Crippen LogP contribution is 2.00. The Labute approximate surface area is 112 Å². The summed E-state index contributed by atoms with van der Waals surface area (Å²) in [5.74, 6) is 0. The van der Waals surface area contributed by atoms with Gasteiger partial charge in [0, 0.05) is 13.1 Å². The van der Waals surface area contributed by atoms with Crippen LogP contribution in [0, 0.1) is 0 Å². The van der Waals surface area contributed by atoms with Crippen molar-refractivity contribution in [2.24, 2.45) is 5.14 Å². The molecule has 106 valence electrons. The van der Waals surface area contributed by atoms with Gasteiger partial charge in [0.05, 0.1) is 0 Å². The number of ether oxygens (including phenoxy) is 1. The molecule has 0 fully saturated rings. The molecule has 0 saturated heterocycles. The molecule has 0 atom stereocenters. The standard InChI is InChI=1S/C11H17N3O4S/c12-19(16,17)14-8-4-7-13-11(15)18-9-10-5-2-1-3-6-10/h1-3,5-6,14H,4,7-9H2,(H,13,15)(H2,12,16,17). The lowest BCUT2D eigenvalue weighted by molar-refractivity contribution is 0.139. The van der Waals surface area contributed by atoms with Crippen LogP contribution >= 0.6 is 0 Å². The van der Waals surface area contributed by atoms with E-state index in [1.807, 2.05) is 30.3 Å². The Morgan fingerprint density at radius 2 is 1.89 bits per heavy atom. The van der Waals surface area contributed by atoms with Crippen LogP contribution in [0.25, 0.3) is 0 Å². The van der Waals surface area contributed by atoms with Crippen molar-refractivity contribution in [2.45, 2.75) is 13.0 Å². The van der Waals surface area contributed by atoms with Crippen molar-refractivity contribution < 1.29 is 17.9 Å². The summed E-state index contributed by atoms with van der Waals surface area (Å²) in [6.45, 7) is 0.663. The highest BCUT2D eigenvalue weighted by Gasteiger charge is 2.03. The number of hydrogen-bond donors (Lipinski definition) is 3. The van der Waals surface area contributed by atoms with E-state index in [1.54, 1.807) is 0 Å². The van der Waals surface area contributed by atoms with Gasteiger partial charge >= 0.3 is 6.09 Å². The van der Waals surface area contributed by atoms with Crippen molar-refractivity contribution in [1.29, 1.82) is 0 Å². The fraction of sp³-hybridized carbons (Fsp3) is 0.364. The van der Waals surface area contributed by atoms with E-state index in [0.29, 0.717) is 13.0 Å². The zero-order valence-electron chi connectivity index (χ0n) is 10.3. The maximum atomic E-state index is 11.3. The number of hydrogen-bond acceptors (Lipinski definition) is 4. The van der Waals surface area contributed by atoms with Crippen LogP contribution in [0.5, 0.6) is 0 Å². The number of nitrogens with one attached hydrogen (secondary N) is 2. The zero-order valence-corrected chi connectivity index (χ0v) is 11.2. The molecule has 1 rings (SSSR count). The highest BCUT2D eigenvalue weighted by molar-refractivity contribution is 7.87. The topological polar surface area (TPSA) is 111 Å². The SMILES string of the molecule is NS(=O)(=O)NCCCNC(=O)OCc1ccccc1.